The van der Waals surface area contributed by atoms with Gasteiger partial charge in [0, 0.05) is 5.56 Å². The summed E-state index contributed by atoms with van der Waals surface area (Å²) in [4.78, 5) is 31.0. The Labute approximate surface area is 162 Å². The van der Waals surface area contributed by atoms with E-state index in [4.69, 9.17) is 4.52 Å². The van der Waals surface area contributed by atoms with Crippen molar-refractivity contribution in [2.75, 3.05) is 0 Å². The lowest BCUT2D eigenvalue weighted by molar-refractivity contribution is -0.131. The Kier molecular flexibility index (Phi) is 4.22. The van der Waals surface area contributed by atoms with Gasteiger partial charge in [-0.15, -0.1) is 0 Å². The first-order valence-electron chi connectivity index (χ1n) is 8.98. The third-order valence-corrected chi connectivity index (χ3v) is 5.05. The van der Waals surface area contributed by atoms with E-state index < -0.39 is 11.6 Å². The number of hydrogen-bond acceptors (Lipinski definition) is 5. The summed E-state index contributed by atoms with van der Waals surface area (Å²) in [6, 6.07) is 14.7. The van der Waals surface area contributed by atoms with Crippen LogP contribution in [0, 0.1) is 13.8 Å². The predicted octanol–water partition coefficient (Wildman–Crippen LogP) is 3.32. The number of nitrogens with zero attached hydrogens (tertiary/aromatic N) is 3. The third kappa shape index (κ3) is 2.94. The molecule has 142 valence electrons. The number of benzene rings is 2. The van der Waals surface area contributed by atoms with E-state index in [9.17, 15) is 9.59 Å². The molecule has 2 aromatic carbocycles. The monoisotopic (exact) mass is 376 g/mol. The zero-order valence-electron chi connectivity index (χ0n) is 15.9. The lowest BCUT2D eigenvalue weighted by Crippen LogP contribution is -2.40. The molecular weight excluding hydrogens is 356 g/mol. The van der Waals surface area contributed by atoms with Gasteiger partial charge in [0.05, 0.1) is 0 Å². The second-order valence-corrected chi connectivity index (χ2v) is 7.14. The van der Waals surface area contributed by atoms with Crippen LogP contribution in [0.15, 0.2) is 53.1 Å². The van der Waals surface area contributed by atoms with E-state index in [0.29, 0.717) is 5.82 Å². The Hall–Kier alpha value is -3.48. The van der Waals surface area contributed by atoms with Crippen LogP contribution in [0.25, 0.3) is 11.4 Å². The number of carbonyl (C=O) groups excluding carboxylic acids is 2. The van der Waals surface area contributed by atoms with Gasteiger partial charge in [-0.25, -0.2) is 4.79 Å². The van der Waals surface area contributed by atoms with E-state index in [-0.39, 0.29) is 18.3 Å². The first-order valence-corrected chi connectivity index (χ1v) is 8.98. The van der Waals surface area contributed by atoms with Gasteiger partial charge in [0.15, 0.2) is 0 Å². The summed E-state index contributed by atoms with van der Waals surface area (Å²) >= 11 is 0. The fourth-order valence-electron chi connectivity index (χ4n) is 3.31. The third-order valence-electron chi connectivity index (χ3n) is 5.05. The van der Waals surface area contributed by atoms with E-state index in [2.05, 4.69) is 15.5 Å². The van der Waals surface area contributed by atoms with Crippen molar-refractivity contribution in [1.82, 2.24) is 20.4 Å². The van der Waals surface area contributed by atoms with Gasteiger partial charge in [0.25, 0.3) is 5.91 Å². The number of carbonyl (C=O) groups is 2. The van der Waals surface area contributed by atoms with Gasteiger partial charge in [0.1, 0.15) is 12.1 Å². The van der Waals surface area contributed by atoms with Gasteiger partial charge in [-0.2, -0.15) is 4.98 Å². The van der Waals surface area contributed by atoms with E-state index in [1.165, 1.54) is 0 Å². The number of rotatable bonds is 4. The largest absolute Gasteiger partial charge is 0.337 e. The lowest BCUT2D eigenvalue weighted by atomic mass is 9.91. The predicted molar refractivity (Wildman–Crippen MR) is 102 cm³/mol. The summed E-state index contributed by atoms with van der Waals surface area (Å²) < 4.78 is 5.29. The molecule has 4 rings (SSSR count). The van der Waals surface area contributed by atoms with Crippen molar-refractivity contribution in [2.24, 2.45) is 0 Å². The normalized spacial score (nSPS) is 19.2. The second kappa shape index (κ2) is 6.60. The van der Waals surface area contributed by atoms with Gasteiger partial charge < -0.3 is 9.84 Å². The molecule has 0 bridgehead atoms. The summed E-state index contributed by atoms with van der Waals surface area (Å²) in [6.07, 6.45) is 0. The molecule has 0 spiro atoms. The highest BCUT2D eigenvalue weighted by atomic mass is 16.5. The number of nitrogens with one attached hydrogen (secondary N) is 1. The first kappa shape index (κ1) is 17.9. The highest BCUT2D eigenvalue weighted by molar-refractivity contribution is 6.07. The summed E-state index contributed by atoms with van der Waals surface area (Å²) in [5.41, 5.74) is 2.54. The Balaban J connectivity index is 1.58. The Morgan fingerprint density at radius 1 is 1.07 bits per heavy atom. The molecule has 2 heterocycles. The molecule has 0 aliphatic carbocycles. The quantitative estimate of drug-likeness (QED) is 0.706. The van der Waals surface area contributed by atoms with Crippen molar-refractivity contribution in [3.05, 3.63) is 71.1 Å². The van der Waals surface area contributed by atoms with Gasteiger partial charge >= 0.3 is 6.03 Å². The summed E-state index contributed by atoms with van der Waals surface area (Å²) in [6.45, 7) is 5.54. The van der Waals surface area contributed by atoms with Crippen LogP contribution in [0.3, 0.4) is 0 Å². The number of amides is 3. The SMILES string of the molecule is Cc1ccc([C@@]2(C)NC(=O)N(Cc3nc(-c4ccccc4C)no3)C2=O)cc1. The second-order valence-electron chi connectivity index (χ2n) is 7.14. The molecule has 1 saturated heterocycles. The van der Waals surface area contributed by atoms with E-state index in [1.54, 1.807) is 6.92 Å². The average molecular weight is 376 g/mol. The molecule has 1 atom stereocenters. The Bertz CT molecular complexity index is 1060. The maximum absolute atomic E-state index is 13.0. The van der Waals surface area contributed by atoms with E-state index in [0.717, 1.165) is 27.2 Å². The molecule has 0 unspecified atom stereocenters. The van der Waals surface area contributed by atoms with Gasteiger partial charge in [-0.05, 0) is 31.9 Å². The zero-order chi connectivity index (χ0) is 19.9. The molecule has 1 fully saturated rings. The summed E-state index contributed by atoms with van der Waals surface area (Å²) in [5.74, 6) is 0.286. The molecule has 0 saturated carbocycles. The molecule has 3 aromatic rings. The molecule has 3 amide bonds. The van der Waals surface area contributed by atoms with Crippen LogP contribution in [0.2, 0.25) is 0 Å². The van der Waals surface area contributed by atoms with Crippen molar-refractivity contribution in [2.45, 2.75) is 32.9 Å². The van der Waals surface area contributed by atoms with Crippen LogP contribution in [-0.4, -0.2) is 27.0 Å². The van der Waals surface area contributed by atoms with Crippen LogP contribution >= 0.6 is 0 Å². The number of imide groups is 1. The maximum Gasteiger partial charge on any atom is 0.325 e. The van der Waals surface area contributed by atoms with Crippen molar-refractivity contribution >= 4 is 11.9 Å². The van der Waals surface area contributed by atoms with Crippen molar-refractivity contribution < 1.29 is 14.1 Å². The average Bonchev–Trinajstić information content (AvgIpc) is 3.22. The molecule has 1 aromatic heterocycles. The standard InChI is InChI=1S/C21H20N4O3/c1-13-8-10-15(11-9-13)21(3)19(26)25(20(27)23-21)12-17-22-18(24-28-17)16-7-5-4-6-14(16)2/h4-11H,12H2,1-3H3,(H,23,27)/t21-/m1/s1. The van der Waals surface area contributed by atoms with Crippen LogP contribution < -0.4 is 5.32 Å². The zero-order valence-corrected chi connectivity index (χ0v) is 15.9. The number of urea groups is 1. The number of aryl methyl sites for hydroxylation is 2. The minimum atomic E-state index is -1.12. The van der Waals surface area contributed by atoms with Gasteiger partial charge in [0.2, 0.25) is 11.7 Å². The molecule has 1 aliphatic heterocycles. The highest BCUT2D eigenvalue weighted by Crippen LogP contribution is 2.30. The Morgan fingerprint density at radius 2 is 1.79 bits per heavy atom. The maximum atomic E-state index is 13.0. The molecule has 7 nitrogen and oxygen atoms in total. The minimum Gasteiger partial charge on any atom is -0.337 e. The van der Waals surface area contributed by atoms with Crippen molar-refractivity contribution in [3.8, 4) is 11.4 Å². The molecule has 0 radical (unpaired) electrons. The van der Waals surface area contributed by atoms with Crippen LogP contribution in [0.5, 0.6) is 0 Å². The first-order chi connectivity index (χ1) is 13.4. The number of hydrogen-bond donors (Lipinski definition) is 1. The van der Waals surface area contributed by atoms with Crippen molar-refractivity contribution in [1.29, 1.82) is 0 Å². The molecule has 7 heteroatoms. The van der Waals surface area contributed by atoms with Gasteiger partial charge in [-0.3, -0.25) is 9.69 Å². The topological polar surface area (TPSA) is 88.3 Å². The lowest BCUT2D eigenvalue weighted by Gasteiger charge is -2.22. The molecular formula is C21H20N4O3. The van der Waals surface area contributed by atoms with E-state index >= 15 is 0 Å². The number of aromatic nitrogens is 2. The van der Waals surface area contributed by atoms with Crippen LogP contribution in [0.1, 0.15) is 29.5 Å². The summed E-state index contributed by atoms with van der Waals surface area (Å²) in [7, 11) is 0. The summed E-state index contributed by atoms with van der Waals surface area (Å²) in [5, 5.41) is 6.77. The smallest absolute Gasteiger partial charge is 0.325 e. The fraction of sp³-hybridized carbons (Fsp3) is 0.238. The molecule has 28 heavy (non-hydrogen) atoms. The van der Waals surface area contributed by atoms with E-state index in [1.807, 2.05) is 62.4 Å². The fourth-order valence-corrected chi connectivity index (χ4v) is 3.31. The molecule has 1 aliphatic rings. The minimum absolute atomic E-state index is 0.0784. The van der Waals surface area contributed by atoms with Gasteiger partial charge in [-0.1, -0.05) is 59.3 Å². The van der Waals surface area contributed by atoms with Crippen LogP contribution in [-0.2, 0) is 16.9 Å². The van der Waals surface area contributed by atoms with Crippen molar-refractivity contribution in [3.63, 3.8) is 0 Å². The highest BCUT2D eigenvalue weighted by Gasteiger charge is 2.49. The van der Waals surface area contributed by atoms with Crippen LogP contribution in [0.4, 0.5) is 4.79 Å². The molecule has 1 N–H and O–H groups in total. The Morgan fingerprint density at radius 3 is 2.50 bits per heavy atom.